The predicted molar refractivity (Wildman–Crippen MR) is 309 cm³/mol. The van der Waals surface area contributed by atoms with Crippen LogP contribution in [0.2, 0.25) is 0 Å². The van der Waals surface area contributed by atoms with Crippen molar-refractivity contribution in [2.45, 2.75) is 25.7 Å². The molecular formula is C71H53N3. The molecule has 0 spiro atoms. The second-order valence-corrected chi connectivity index (χ2v) is 19.1. The van der Waals surface area contributed by atoms with E-state index in [1.54, 1.807) is 0 Å². The SMILES string of the molecule is c1ccc(-c2ccc(-c3cc(-c4ccccc4)cc(-c4ncc(-c5ccccc5-c5cc(CCc6ccc(-c7ccccc7)nc6)cc(CCc6ccc(-c7ccccc7)nc6)c5)c5ccccc45)c3)cc2)cc1. The van der Waals surface area contributed by atoms with Gasteiger partial charge in [0.1, 0.15) is 0 Å². The maximum absolute atomic E-state index is 5.41. The average Bonchev–Trinajstić information content (AvgIpc) is 3.49. The molecule has 0 unspecified atom stereocenters. The molecule has 0 saturated heterocycles. The largest absolute Gasteiger partial charge is 0.256 e. The van der Waals surface area contributed by atoms with Crippen LogP contribution in [0.25, 0.3) is 100 Å². The molecule has 0 atom stereocenters. The summed E-state index contributed by atoms with van der Waals surface area (Å²) in [6, 6.07) is 91.5. The molecule has 12 aromatic rings. The standard InChI is InChI=1S/C71H53N3/c1-5-17-54(18-6-1)56-35-37-57(38-36-56)61-44-60(55-19-7-2-8-20-55)45-63(46-61)71-67-28-16-15-27-66(67)68(49-74-71)65-26-14-13-25-64(65)62-42-52(31-29-50-33-39-69(72-47-50)58-21-9-3-10-22-58)41-53(43-62)32-30-51-34-40-70(73-48-51)59-23-11-4-12-24-59/h1-28,33-49H,29-32H2. The van der Waals surface area contributed by atoms with Crippen LogP contribution < -0.4 is 0 Å². The summed E-state index contributed by atoms with van der Waals surface area (Å²) in [5.74, 6) is 0. The molecular weight excluding hydrogens is 895 g/mol. The normalized spacial score (nSPS) is 11.2. The van der Waals surface area contributed by atoms with Crippen molar-refractivity contribution in [1.29, 1.82) is 0 Å². The monoisotopic (exact) mass is 947 g/mol. The molecule has 0 fully saturated rings. The van der Waals surface area contributed by atoms with Gasteiger partial charge in [0.05, 0.1) is 17.1 Å². The zero-order valence-corrected chi connectivity index (χ0v) is 41.2. The molecule has 0 saturated carbocycles. The lowest BCUT2D eigenvalue weighted by molar-refractivity contribution is 0.923. The summed E-state index contributed by atoms with van der Waals surface area (Å²) >= 11 is 0. The van der Waals surface area contributed by atoms with Gasteiger partial charge in [-0.15, -0.1) is 0 Å². The van der Waals surface area contributed by atoms with Crippen LogP contribution in [0, 0.1) is 0 Å². The highest BCUT2D eigenvalue weighted by molar-refractivity contribution is 6.06. The second kappa shape index (κ2) is 21.2. The van der Waals surface area contributed by atoms with Gasteiger partial charge in [0.25, 0.3) is 0 Å². The Morgan fingerprint density at radius 2 is 0.622 bits per heavy atom. The van der Waals surface area contributed by atoms with E-state index < -0.39 is 0 Å². The maximum Gasteiger partial charge on any atom is 0.0781 e. The first-order valence-electron chi connectivity index (χ1n) is 25.6. The minimum absolute atomic E-state index is 0.889. The first-order chi connectivity index (χ1) is 36.6. The van der Waals surface area contributed by atoms with Gasteiger partial charge in [-0.05, 0) is 134 Å². The van der Waals surface area contributed by atoms with Crippen LogP contribution >= 0.6 is 0 Å². The summed E-state index contributed by atoms with van der Waals surface area (Å²) in [5, 5.41) is 2.28. The lowest BCUT2D eigenvalue weighted by Gasteiger charge is -2.17. The molecule has 74 heavy (non-hydrogen) atoms. The molecule has 0 aliphatic heterocycles. The Morgan fingerprint density at radius 1 is 0.216 bits per heavy atom. The number of nitrogens with zero attached hydrogens (tertiary/aromatic N) is 3. The predicted octanol–water partition coefficient (Wildman–Crippen LogP) is 17.9. The van der Waals surface area contributed by atoms with Crippen molar-refractivity contribution in [2.24, 2.45) is 0 Å². The van der Waals surface area contributed by atoms with Gasteiger partial charge < -0.3 is 0 Å². The molecule has 352 valence electrons. The quantitative estimate of drug-likeness (QED) is 0.109. The van der Waals surface area contributed by atoms with E-state index in [1.807, 2.05) is 24.5 Å². The summed E-state index contributed by atoms with van der Waals surface area (Å²) in [7, 11) is 0. The van der Waals surface area contributed by atoms with Crippen molar-refractivity contribution in [2.75, 3.05) is 0 Å². The molecule has 0 bridgehead atoms. The molecule has 3 aromatic heterocycles. The van der Waals surface area contributed by atoms with Gasteiger partial charge in [0.15, 0.2) is 0 Å². The van der Waals surface area contributed by atoms with E-state index in [0.29, 0.717) is 0 Å². The number of fused-ring (bicyclic) bond motifs is 1. The van der Waals surface area contributed by atoms with Gasteiger partial charge in [-0.2, -0.15) is 0 Å². The van der Waals surface area contributed by atoms with Gasteiger partial charge in [0, 0.05) is 46.2 Å². The Morgan fingerprint density at radius 3 is 1.14 bits per heavy atom. The van der Waals surface area contributed by atoms with Gasteiger partial charge in [0.2, 0.25) is 0 Å². The maximum atomic E-state index is 5.41. The first kappa shape index (κ1) is 45.8. The zero-order valence-electron chi connectivity index (χ0n) is 41.2. The van der Waals surface area contributed by atoms with Crippen LogP contribution in [0.5, 0.6) is 0 Å². The van der Waals surface area contributed by atoms with Crippen LogP contribution in [0.4, 0.5) is 0 Å². The number of hydrogen-bond acceptors (Lipinski definition) is 3. The smallest absolute Gasteiger partial charge is 0.0781 e. The lowest BCUT2D eigenvalue weighted by Crippen LogP contribution is -1.99. The third-order valence-corrected chi connectivity index (χ3v) is 14.2. The van der Waals surface area contributed by atoms with Crippen molar-refractivity contribution in [3.63, 3.8) is 0 Å². The number of rotatable bonds is 14. The van der Waals surface area contributed by atoms with E-state index in [1.165, 1.54) is 50.1 Å². The van der Waals surface area contributed by atoms with E-state index in [2.05, 4.69) is 249 Å². The molecule has 3 heterocycles. The lowest BCUT2D eigenvalue weighted by atomic mass is 9.88. The summed E-state index contributed by atoms with van der Waals surface area (Å²) in [4.78, 5) is 15.1. The Kier molecular flexibility index (Phi) is 13.1. The number of benzene rings is 9. The molecule has 0 aliphatic carbocycles. The molecule has 0 aliphatic rings. The van der Waals surface area contributed by atoms with Crippen LogP contribution in [-0.4, -0.2) is 15.0 Å². The average molecular weight is 948 g/mol. The molecule has 0 amide bonds. The van der Waals surface area contributed by atoms with Gasteiger partial charge in [-0.1, -0.05) is 224 Å². The van der Waals surface area contributed by atoms with Crippen molar-refractivity contribution >= 4 is 10.8 Å². The fraction of sp³-hybridized carbons (Fsp3) is 0.0563. The highest BCUT2D eigenvalue weighted by atomic mass is 14.7. The van der Waals surface area contributed by atoms with E-state index in [0.717, 1.165) is 98.0 Å². The van der Waals surface area contributed by atoms with Crippen molar-refractivity contribution < 1.29 is 0 Å². The number of aryl methyl sites for hydroxylation is 4. The first-order valence-corrected chi connectivity index (χ1v) is 25.6. The second-order valence-electron chi connectivity index (χ2n) is 19.1. The number of aromatic nitrogens is 3. The fourth-order valence-corrected chi connectivity index (χ4v) is 10.3. The molecule has 0 N–H and O–H groups in total. The van der Waals surface area contributed by atoms with E-state index in [9.17, 15) is 0 Å². The van der Waals surface area contributed by atoms with Crippen molar-refractivity contribution in [3.05, 3.63) is 296 Å². The molecule has 9 aromatic carbocycles. The number of hydrogen-bond donors (Lipinski definition) is 0. The van der Waals surface area contributed by atoms with E-state index in [-0.39, 0.29) is 0 Å². The summed E-state index contributed by atoms with van der Waals surface area (Å²) in [6.45, 7) is 0. The molecule has 0 radical (unpaired) electrons. The van der Waals surface area contributed by atoms with Crippen LogP contribution in [0.15, 0.2) is 273 Å². The van der Waals surface area contributed by atoms with Crippen molar-refractivity contribution in [3.8, 4) is 89.4 Å². The third kappa shape index (κ3) is 10.1. The Hall–Kier alpha value is -9.31. The van der Waals surface area contributed by atoms with Crippen LogP contribution in [0.3, 0.4) is 0 Å². The minimum atomic E-state index is 0.889. The third-order valence-electron chi connectivity index (χ3n) is 14.2. The molecule has 12 rings (SSSR count). The van der Waals surface area contributed by atoms with E-state index >= 15 is 0 Å². The topological polar surface area (TPSA) is 38.7 Å². The summed E-state index contributed by atoms with van der Waals surface area (Å²) in [5.41, 5.74) is 23.0. The Labute approximate surface area is 434 Å². The number of pyridine rings is 3. The molecule has 3 heteroatoms. The zero-order chi connectivity index (χ0) is 49.5. The Bertz CT molecular complexity index is 3730. The van der Waals surface area contributed by atoms with Crippen molar-refractivity contribution in [1.82, 2.24) is 15.0 Å². The van der Waals surface area contributed by atoms with Gasteiger partial charge in [-0.3, -0.25) is 15.0 Å². The highest BCUT2D eigenvalue weighted by Gasteiger charge is 2.18. The van der Waals surface area contributed by atoms with E-state index in [4.69, 9.17) is 15.0 Å². The summed E-state index contributed by atoms with van der Waals surface area (Å²) < 4.78 is 0. The van der Waals surface area contributed by atoms with Crippen LogP contribution in [0.1, 0.15) is 22.3 Å². The fourth-order valence-electron chi connectivity index (χ4n) is 10.3. The van der Waals surface area contributed by atoms with Gasteiger partial charge in [-0.25, -0.2) is 0 Å². The Balaban J connectivity index is 0.903. The minimum Gasteiger partial charge on any atom is -0.256 e. The highest BCUT2D eigenvalue weighted by Crippen LogP contribution is 2.41. The summed E-state index contributed by atoms with van der Waals surface area (Å²) in [6.07, 6.45) is 9.74. The molecule has 3 nitrogen and oxygen atoms in total. The van der Waals surface area contributed by atoms with Gasteiger partial charge >= 0.3 is 0 Å². The van der Waals surface area contributed by atoms with Crippen LogP contribution in [-0.2, 0) is 25.7 Å².